The Hall–Kier alpha value is -0.860. The Morgan fingerprint density at radius 1 is 1.29 bits per heavy atom. The standard InChI is InChI=1S/C11H19NO2/c1-5-8(13)12-11(6-7-11)9(14)10(2,3)4/h5-7H2,1-4H3,(H,12,13). The lowest BCUT2D eigenvalue weighted by molar-refractivity contribution is -0.133. The molecule has 1 N–H and O–H groups in total. The van der Waals surface area contributed by atoms with Gasteiger partial charge < -0.3 is 5.32 Å². The van der Waals surface area contributed by atoms with Crippen LogP contribution in [0.4, 0.5) is 0 Å². The minimum atomic E-state index is -0.522. The molecule has 14 heavy (non-hydrogen) atoms. The maximum atomic E-state index is 12.0. The van der Waals surface area contributed by atoms with E-state index in [1.807, 2.05) is 20.8 Å². The summed E-state index contributed by atoms with van der Waals surface area (Å²) in [6, 6.07) is 0. The van der Waals surface area contributed by atoms with Crippen molar-refractivity contribution >= 4 is 11.7 Å². The summed E-state index contributed by atoms with van der Waals surface area (Å²) in [6.45, 7) is 7.49. The van der Waals surface area contributed by atoms with E-state index in [1.165, 1.54) is 0 Å². The van der Waals surface area contributed by atoms with Gasteiger partial charge >= 0.3 is 0 Å². The lowest BCUT2D eigenvalue weighted by Crippen LogP contribution is -2.47. The molecule has 0 atom stereocenters. The molecule has 0 heterocycles. The fraction of sp³-hybridized carbons (Fsp3) is 0.818. The van der Waals surface area contributed by atoms with E-state index < -0.39 is 5.54 Å². The monoisotopic (exact) mass is 197 g/mol. The third-order valence-electron chi connectivity index (χ3n) is 2.57. The maximum Gasteiger partial charge on any atom is 0.220 e. The maximum absolute atomic E-state index is 12.0. The molecule has 0 bridgehead atoms. The van der Waals surface area contributed by atoms with Gasteiger partial charge in [-0.3, -0.25) is 9.59 Å². The van der Waals surface area contributed by atoms with Crippen molar-refractivity contribution in [3.63, 3.8) is 0 Å². The number of carbonyl (C=O) groups is 2. The minimum Gasteiger partial charge on any atom is -0.344 e. The molecule has 0 unspecified atom stereocenters. The van der Waals surface area contributed by atoms with Gasteiger partial charge in [-0.25, -0.2) is 0 Å². The van der Waals surface area contributed by atoms with Crippen molar-refractivity contribution in [2.45, 2.75) is 52.5 Å². The topological polar surface area (TPSA) is 46.2 Å². The molecule has 1 amide bonds. The first-order valence-electron chi connectivity index (χ1n) is 5.18. The molecule has 1 fully saturated rings. The normalized spacial score (nSPS) is 18.9. The minimum absolute atomic E-state index is 0.0277. The quantitative estimate of drug-likeness (QED) is 0.748. The molecule has 1 aliphatic carbocycles. The zero-order chi connectivity index (χ0) is 11.0. The Bertz CT molecular complexity index is 259. The molecule has 0 spiro atoms. The second kappa shape index (κ2) is 3.37. The summed E-state index contributed by atoms with van der Waals surface area (Å²) >= 11 is 0. The third kappa shape index (κ3) is 2.14. The van der Waals surface area contributed by atoms with E-state index in [2.05, 4.69) is 5.32 Å². The van der Waals surface area contributed by atoms with Gasteiger partial charge in [-0.15, -0.1) is 0 Å². The number of nitrogens with one attached hydrogen (secondary N) is 1. The molecule has 0 saturated heterocycles. The molecule has 0 radical (unpaired) electrons. The molecule has 80 valence electrons. The van der Waals surface area contributed by atoms with E-state index >= 15 is 0 Å². The van der Waals surface area contributed by atoms with Gasteiger partial charge in [0.05, 0.1) is 5.54 Å². The highest BCUT2D eigenvalue weighted by atomic mass is 16.2. The van der Waals surface area contributed by atoms with Crippen LogP contribution < -0.4 is 5.32 Å². The average molecular weight is 197 g/mol. The first-order chi connectivity index (χ1) is 6.32. The third-order valence-corrected chi connectivity index (χ3v) is 2.57. The van der Waals surface area contributed by atoms with Gasteiger partial charge in [-0.1, -0.05) is 27.7 Å². The highest BCUT2D eigenvalue weighted by molar-refractivity contribution is 5.98. The number of carbonyl (C=O) groups excluding carboxylic acids is 2. The largest absolute Gasteiger partial charge is 0.344 e. The van der Waals surface area contributed by atoms with Crippen LogP contribution in [0.2, 0.25) is 0 Å². The van der Waals surface area contributed by atoms with Gasteiger partial charge in [0.25, 0.3) is 0 Å². The van der Waals surface area contributed by atoms with Gasteiger partial charge in [-0.2, -0.15) is 0 Å². The Balaban J connectivity index is 2.68. The Morgan fingerprint density at radius 3 is 2.07 bits per heavy atom. The van der Waals surface area contributed by atoms with Gasteiger partial charge in [0, 0.05) is 11.8 Å². The van der Waals surface area contributed by atoms with E-state index in [0.717, 1.165) is 12.8 Å². The van der Waals surface area contributed by atoms with Crippen LogP contribution in [-0.4, -0.2) is 17.2 Å². The fourth-order valence-corrected chi connectivity index (χ4v) is 1.61. The molecule has 3 heteroatoms. The second-order valence-corrected chi connectivity index (χ2v) is 5.06. The predicted octanol–water partition coefficient (Wildman–Crippen LogP) is 1.66. The molecule has 1 aliphatic rings. The predicted molar refractivity (Wildman–Crippen MR) is 54.9 cm³/mol. The molecule has 1 rings (SSSR count). The second-order valence-electron chi connectivity index (χ2n) is 5.06. The van der Waals surface area contributed by atoms with Gasteiger partial charge in [0.1, 0.15) is 0 Å². The average Bonchev–Trinajstić information content (AvgIpc) is 2.82. The first kappa shape index (κ1) is 11.2. The molecular formula is C11H19NO2. The number of hydrogen-bond acceptors (Lipinski definition) is 2. The molecule has 0 aromatic heterocycles. The van der Waals surface area contributed by atoms with Crippen LogP contribution in [0.15, 0.2) is 0 Å². The van der Waals surface area contributed by atoms with Crippen LogP contribution in [0.5, 0.6) is 0 Å². The molecule has 0 aliphatic heterocycles. The fourth-order valence-electron chi connectivity index (χ4n) is 1.61. The zero-order valence-electron chi connectivity index (χ0n) is 9.44. The van der Waals surface area contributed by atoms with Crippen LogP contribution in [-0.2, 0) is 9.59 Å². The summed E-state index contributed by atoms with van der Waals surface area (Å²) in [6.07, 6.45) is 2.04. The number of hydrogen-bond donors (Lipinski definition) is 1. The summed E-state index contributed by atoms with van der Waals surface area (Å²) in [5.74, 6) is 0.131. The van der Waals surface area contributed by atoms with Crippen LogP contribution in [0.1, 0.15) is 47.0 Å². The van der Waals surface area contributed by atoms with Crippen LogP contribution in [0.3, 0.4) is 0 Å². The van der Waals surface area contributed by atoms with Crippen molar-refractivity contribution in [3.05, 3.63) is 0 Å². The van der Waals surface area contributed by atoms with Gasteiger partial charge in [0.2, 0.25) is 5.91 Å². The smallest absolute Gasteiger partial charge is 0.220 e. The van der Waals surface area contributed by atoms with E-state index in [-0.39, 0.29) is 17.1 Å². The number of amides is 1. The highest BCUT2D eigenvalue weighted by Gasteiger charge is 2.53. The van der Waals surface area contributed by atoms with Crippen LogP contribution in [0.25, 0.3) is 0 Å². The van der Waals surface area contributed by atoms with Gasteiger partial charge in [0.15, 0.2) is 5.78 Å². The van der Waals surface area contributed by atoms with E-state index in [1.54, 1.807) is 6.92 Å². The summed E-state index contributed by atoms with van der Waals surface area (Å²) in [7, 11) is 0. The lowest BCUT2D eigenvalue weighted by atomic mass is 9.85. The van der Waals surface area contributed by atoms with Crippen molar-refractivity contribution in [2.75, 3.05) is 0 Å². The number of rotatable bonds is 3. The number of ketones is 1. The van der Waals surface area contributed by atoms with Crippen molar-refractivity contribution in [3.8, 4) is 0 Å². The summed E-state index contributed by atoms with van der Waals surface area (Å²) in [5, 5.41) is 2.83. The molecular weight excluding hydrogens is 178 g/mol. The lowest BCUT2D eigenvalue weighted by Gasteiger charge is -2.24. The van der Waals surface area contributed by atoms with Crippen molar-refractivity contribution in [1.82, 2.24) is 5.32 Å². The highest BCUT2D eigenvalue weighted by Crippen LogP contribution is 2.41. The Kier molecular flexibility index (Phi) is 2.70. The summed E-state index contributed by atoms with van der Waals surface area (Å²) in [5.41, 5.74) is -0.886. The first-order valence-corrected chi connectivity index (χ1v) is 5.18. The summed E-state index contributed by atoms with van der Waals surface area (Å²) < 4.78 is 0. The Morgan fingerprint density at radius 2 is 1.79 bits per heavy atom. The van der Waals surface area contributed by atoms with Gasteiger partial charge in [-0.05, 0) is 12.8 Å². The molecule has 0 aromatic rings. The molecule has 0 aromatic carbocycles. The van der Waals surface area contributed by atoms with Crippen LogP contribution >= 0.6 is 0 Å². The Labute approximate surface area is 85.3 Å². The van der Waals surface area contributed by atoms with Crippen LogP contribution in [0, 0.1) is 5.41 Å². The summed E-state index contributed by atoms with van der Waals surface area (Å²) in [4.78, 5) is 23.2. The van der Waals surface area contributed by atoms with Crippen molar-refractivity contribution in [1.29, 1.82) is 0 Å². The van der Waals surface area contributed by atoms with E-state index in [4.69, 9.17) is 0 Å². The SMILES string of the molecule is CCC(=O)NC1(C(=O)C(C)(C)C)CC1. The number of Topliss-reactive ketones (excluding diaryl/α,β-unsaturated/α-hetero) is 1. The van der Waals surface area contributed by atoms with E-state index in [0.29, 0.717) is 6.42 Å². The molecule has 3 nitrogen and oxygen atoms in total. The van der Waals surface area contributed by atoms with Crippen molar-refractivity contribution in [2.24, 2.45) is 5.41 Å². The zero-order valence-corrected chi connectivity index (χ0v) is 9.44. The molecule has 1 saturated carbocycles. The van der Waals surface area contributed by atoms with Crippen molar-refractivity contribution < 1.29 is 9.59 Å². The van der Waals surface area contributed by atoms with E-state index in [9.17, 15) is 9.59 Å².